The van der Waals surface area contributed by atoms with Crippen LogP contribution in [-0.4, -0.2) is 14.2 Å². The summed E-state index contributed by atoms with van der Waals surface area (Å²) < 4.78 is 24.1. The summed E-state index contributed by atoms with van der Waals surface area (Å²) in [7, 11) is -0.537. The number of halogens is 1. The Morgan fingerprint density at radius 3 is 2.10 bits per heavy atom. The topological polar surface area (TPSA) is 47.6 Å². The molecule has 4 nitrogen and oxygen atoms in total. The van der Waals surface area contributed by atoms with Gasteiger partial charge >= 0.3 is 7.60 Å². The van der Waals surface area contributed by atoms with Crippen molar-refractivity contribution < 1.29 is 13.6 Å². The predicted molar refractivity (Wildman–Crippen MR) is 88.6 cm³/mol. The van der Waals surface area contributed by atoms with Crippen LogP contribution in [-0.2, 0) is 13.6 Å². The fourth-order valence-electron chi connectivity index (χ4n) is 1.97. The molecule has 0 aliphatic rings. The summed E-state index contributed by atoms with van der Waals surface area (Å²) in [6.45, 7) is 0. The van der Waals surface area contributed by atoms with Gasteiger partial charge in [-0.15, -0.1) is 0 Å². The third-order valence-electron chi connectivity index (χ3n) is 3.09. The molecule has 0 unspecified atom stereocenters. The average molecular weight is 370 g/mol. The highest BCUT2D eigenvalue weighted by molar-refractivity contribution is 9.10. The summed E-state index contributed by atoms with van der Waals surface area (Å²) in [4.78, 5) is 0. The molecule has 2 rings (SSSR count). The maximum absolute atomic E-state index is 12.8. The Hall–Kier alpha value is -1.13. The molecule has 0 spiro atoms. The first-order chi connectivity index (χ1) is 10.1. The van der Waals surface area contributed by atoms with Crippen LogP contribution in [0.25, 0.3) is 0 Å². The van der Waals surface area contributed by atoms with Crippen LogP contribution in [0, 0.1) is 0 Å². The van der Waals surface area contributed by atoms with Crippen molar-refractivity contribution in [3.8, 4) is 0 Å². The lowest BCUT2D eigenvalue weighted by Gasteiger charge is -2.26. The van der Waals surface area contributed by atoms with Crippen molar-refractivity contribution in [2.24, 2.45) is 0 Å². The first-order valence-electron chi connectivity index (χ1n) is 6.37. The normalized spacial score (nSPS) is 12.9. The number of hydrogen-bond donors (Lipinski definition) is 1. The first-order valence-corrected chi connectivity index (χ1v) is 8.78. The van der Waals surface area contributed by atoms with Crippen LogP contribution < -0.4 is 5.32 Å². The van der Waals surface area contributed by atoms with E-state index in [4.69, 9.17) is 9.05 Å². The van der Waals surface area contributed by atoms with Crippen LogP contribution in [0.5, 0.6) is 0 Å². The van der Waals surface area contributed by atoms with Crippen molar-refractivity contribution in [3.63, 3.8) is 0 Å². The zero-order valence-corrected chi connectivity index (χ0v) is 14.3. The van der Waals surface area contributed by atoms with Gasteiger partial charge in [0, 0.05) is 24.4 Å². The van der Waals surface area contributed by atoms with Gasteiger partial charge < -0.3 is 14.4 Å². The molecule has 0 saturated carbocycles. The van der Waals surface area contributed by atoms with Gasteiger partial charge in [0.15, 0.2) is 5.78 Å². The Kier molecular flexibility index (Phi) is 5.59. The lowest BCUT2D eigenvalue weighted by atomic mass is 10.2. The second-order valence-corrected chi connectivity index (χ2v) is 7.61. The highest BCUT2D eigenvalue weighted by Crippen LogP contribution is 2.59. The highest BCUT2D eigenvalue weighted by Gasteiger charge is 2.35. The van der Waals surface area contributed by atoms with Gasteiger partial charge in [0.05, 0.1) is 0 Å². The Morgan fingerprint density at radius 2 is 1.57 bits per heavy atom. The molecule has 0 heterocycles. The smallest absolute Gasteiger partial charge is 0.356 e. The number of hydrogen-bond acceptors (Lipinski definition) is 4. The third-order valence-corrected chi connectivity index (χ3v) is 5.69. The van der Waals surface area contributed by atoms with Crippen LogP contribution in [0.1, 0.15) is 11.3 Å². The molecule has 0 aliphatic carbocycles. The molecule has 0 bridgehead atoms. The minimum atomic E-state index is -3.32. The van der Waals surface area contributed by atoms with E-state index in [0.717, 1.165) is 15.7 Å². The van der Waals surface area contributed by atoms with Crippen LogP contribution in [0.4, 0.5) is 5.69 Å². The molecule has 1 atom stereocenters. The van der Waals surface area contributed by atoms with E-state index in [1.54, 1.807) is 0 Å². The lowest BCUT2D eigenvalue weighted by Crippen LogP contribution is -2.13. The van der Waals surface area contributed by atoms with E-state index in [1.807, 2.05) is 54.6 Å². The maximum Gasteiger partial charge on any atom is 0.356 e. The van der Waals surface area contributed by atoms with Gasteiger partial charge in [-0.3, -0.25) is 4.57 Å². The number of rotatable bonds is 6. The second-order valence-electron chi connectivity index (χ2n) is 4.37. The lowest BCUT2D eigenvalue weighted by molar-refractivity contribution is 0.268. The van der Waals surface area contributed by atoms with Gasteiger partial charge in [-0.1, -0.05) is 46.3 Å². The molecule has 0 saturated heterocycles. The minimum absolute atomic E-state index is 0.581. The summed E-state index contributed by atoms with van der Waals surface area (Å²) >= 11 is 3.39. The Balaban J connectivity index is 2.39. The zero-order valence-electron chi connectivity index (χ0n) is 11.8. The molecular formula is C15H17BrNO3P. The molecule has 0 fully saturated rings. The summed E-state index contributed by atoms with van der Waals surface area (Å²) in [6, 6.07) is 17.1. The molecule has 112 valence electrons. The van der Waals surface area contributed by atoms with E-state index in [9.17, 15) is 4.57 Å². The van der Waals surface area contributed by atoms with Gasteiger partial charge in [0.1, 0.15) is 0 Å². The quantitative estimate of drug-likeness (QED) is 0.724. The number of benzene rings is 2. The average Bonchev–Trinajstić information content (AvgIpc) is 2.54. The standard InChI is InChI=1S/C15H17BrNO3P/c1-19-21(18,20-2)15(12-8-10-13(16)11-9-12)17-14-6-4-3-5-7-14/h3-11,15,17H,1-2H3/t15-/m0/s1. The van der Waals surface area contributed by atoms with Crippen molar-refractivity contribution in [2.45, 2.75) is 5.78 Å². The van der Waals surface area contributed by atoms with Crippen molar-refractivity contribution >= 4 is 29.2 Å². The largest absolute Gasteiger partial charge is 0.368 e. The Bertz CT molecular complexity index is 611. The van der Waals surface area contributed by atoms with Gasteiger partial charge in [0.2, 0.25) is 0 Å². The number of anilines is 1. The van der Waals surface area contributed by atoms with Crippen LogP contribution in [0.3, 0.4) is 0 Å². The fraction of sp³-hybridized carbons (Fsp3) is 0.200. The van der Waals surface area contributed by atoms with E-state index in [2.05, 4.69) is 21.2 Å². The third kappa shape index (κ3) is 3.95. The van der Waals surface area contributed by atoms with Crippen molar-refractivity contribution in [2.75, 3.05) is 19.5 Å². The second kappa shape index (κ2) is 7.23. The Morgan fingerprint density at radius 1 is 1.00 bits per heavy atom. The molecule has 2 aromatic carbocycles. The molecule has 0 amide bonds. The van der Waals surface area contributed by atoms with Gasteiger partial charge in [-0.2, -0.15) is 0 Å². The van der Waals surface area contributed by atoms with Crippen LogP contribution in [0.2, 0.25) is 0 Å². The molecule has 2 aromatic rings. The molecule has 0 aromatic heterocycles. The van der Waals surface area contributed by atoms with E-state index >= 15 is 0 Å². The van der Waals surface area contributed by atoms with Gasteiger partial charge in [0.25, 0.3) is 0 Å². The highest BCUT2D eigenvalue weighted by atomic mass is 79.9. The van der Waals surface area contributed by atoms with E-state index in [0.29, 0.717) is 0 Å². The first kappa shape index (κ1) is 16.2. The van der Waals surface area contributed by atoms with E-state index in [1.165, 1.54) is 14.2 Å². The Labute approximate surface area is 133 Å². The molecule has 6 heteroatoms. The van der Waals surface area contributed by atoms with E-state index < -0.39 is 13.4 Å². The monoisotopic (exact) mass is 369 g/mol. The van der Waals surface area contributed by atoms with Crippen molar-refractivity contribution in [1.82, 2.24) is 0 Å². The van der Waals surface area contributed by atoms with Crippen molar-refractivity contribution in [1.29, 1.82) is 0 Å². The van der Waals surface area contributed by atoms with E-state index in [-0.39, 0.29) is 0 Å². The zero-order chi connectivity index (χ0) is 15.3. The molecule has 21 heavy (non-hydrogen) atoms. The van der Waals surface area contributed by atoms with Gasteiger partial charge in [-0.25, -0.2) is 0 Å². The fourth-order valence-corrected chi connectivity index (χ4v) is 3.65. The summed E-state index contributed by atoms with van der Waals surface area (Å²) in [5.74, 6) is -0.581. The number of para-hydroxylation sites is 1. The van der Waals surface area contributed by atoms with Crippen molar-refractivity contribution in [3.05, 3.63) is 64.6 Å². The summed E-state index contributed by atoms with van der Waals surface area (Å²) in [6.07, 6.45) is 0. The summed E-state index contributed by atoms with van der Waals surface area (Å²) in [5.41, 5.74) is 1.67. The van der Waals surface area contributed by atoms with Gasteiger partial charge in [-0.05, 0) is 29.8 Å². The SMILES string of the molecule is COP(=O)(OC)[C@H](Nc1ccccc1)c1ccc(Br)cc1. The minimum Gasteiger partial charge on any atom is -0.368 e. The van der Waals surface area contributed by atoms with Crippen LogP contribution in [0.15, 0.2) is 59.1 Å². The predicted octanol–water partition coefficient (Wildman–Crippen LogP) is 5.05. The maximum atomic E-state index is 12.8. The molecule has 0 aliphatic heterocycles. The summed E-state index contributed by atoms with van der Waals surface area (Å²) in [5, 5.41) is 3.23. The molecule has 1 N–H and O–H groups in total. The van der Waals surface area contributed by atoms with Crippen LogP contribution >= 0.6 is 23.5 Å². The molecular weight excluding hydrogens is 353 g/mol. The molecule has 0 radical (unpaired) electrons. The number of nitrogens with one attached hydrogen (secondary N) is 1.